The summed E-state index contributed by atoms with van der Waals surface area (Å²) in [6.07, 6.45) is 41.7. The van der Waals surface area contributed by atoms with E-state index in [1.807, 2.05) is 0 Å². The molecule has 0 atom stereocenters. The molecule has 320 valence electrons. The normalized spacial score (nSPS) is 11.7. The van der Waals surface area contributed by atoms with Gasteiger partial charge in [-0.25, -0.2) is 0 Å². The Morgan fingerprint density at radius 2 is 0.283 bits per heavy atom. The molecule has 0 radical (unpaired) electrons. The lowest BCUT2D eigenvalue weighted by Crippen LogP contribution is -2.14. The van der Waals surface area contributed by atoms with Crippen LogP contribution in [0, 0.1) is 0 Å². The number of hydrogen-bond donors (Lipinski definition) is 0. The van der Waals surface area contributed by atoms with Crippen molar-refractivity contribution in [2.75, 3.05) is 92.5 Å². The van der Waals surface area contributed by atoms with E-state index in [4.69, 9.17) is 33.2 Å². The smallest absolute Gasteiger partial charge is 0.0701 e. The lowest BCUT2D eigenvalue weighted by molar-refractivity contribution is -0.0206. The van der Waals surface area contributed by atoms with E-state index in [1.54, 1.807) is 0 Å². The van der Waals surface area contributed by atoms with Crippen LogP contribution in [0.1, 0.15) is 206 Å². The topological polar surface area (TPSA) is 64.6 Å². The lowest BCUT2D eigenvalue weighted by Gasteiger charge is -2.08. The van der Waals surface area contributed by atoms with Gasteiger partial charge in [0.05, 0.1) is 79.3 Å². The SMILES string of the molecule is CCCCCCCCCCCCCCCCCCOCCOCCOCCOCCOCCOCCOCCCCCCCCCCCCCCCC. The molecule has 0 unspecified atom stereocenters. The molecule has 0 spiro atoms. The van der Waals surface area contributed by atoms with Crippen LogP contribution in [0.5, 0.6) is 0 Å². The molecule has 0 heterocycles. The molecule has 53 heavy (non-hydrogen) atoms. The van der Waals surface area contributed by atoms with E-state index in [0.29, 0.717) is 79.3 Å². The summed E-state index contributed by atoms with van der Waals surface area (Å²) < 4.78 is 39.3. The first-order chi connectivity index (χ1) is 26.4. The third-order valence-corrected chi connectivity index (χ3v) is 10.0. The summed E-state index contributed by atoms with van der Waals surface area (Å²) in [6, 6.07) is 0. The highest BCUT2D eigenvalue weighted by Crippen LogP contribution is 2.15. The standard InChI is InChI=1S/C46H94O7/c1-3-5-7-9-11-13-15-17-19-20-22-24-26-28-30-32-34-48-36-38-50-40-42-52-44-46-53-45-43-51-41-39-49-37-35-47-33-31-29-27-25-23-21-18-16-14-12-10-8-6-4-2/h3-46H2,1-2H3. The first kappa shape index (κ1) is 52.7. The van der Waals surface area contributed by atoms with Crippen molar-refractivity contribution in [3.05, 3.63) is 0 Å². The first-order valence-electron chi connectivity index (χ1n) is 23.5. The predicted octanol–water partition coefficient (Wildman–Crippen LogP) is 12.8. The molecule has 0 aliphatic heterocycles. The van der Waals surface area contributed by atoms with Crippen LogP contribution < -0.4 is 0 Å². The Morgan fingerprint density at radius 1 is 0.151 bits per heavy atom. The third kappa shape index (κ3) is 51.7. The fourth-order valence-electron chi connectivity index (χ4n) is 6.57. The monoisotopic (exact) mass is 759 g/mol. The second kappa shape index (κ2) is 51.7. The maximum atomic E-state index is 5.71. The average Bonchev–Trinajstić information content (AvgIpc) is 3.17. The van der Waals surface area contributed by atoms with Crippen LogP contribution in [-0.2, 0) is 33.2 Å². The number of unbranched alkanes of at least 4 members (excludes halogenated alkanes) is 28. The van der Waals surface area contributed by atoms with Crippen molar-refractivity contribution in [1.82, 2.24) is 0 Å². The molecule has 0 saturated carbocycles. The minimum Gasteiger partial charge on any atom is -0.379 e. The van der Waals surface area contributed by atoms with Gasteiger partial charge in [0, 0.05) is 13.2 Å². The van der Waals surface area contributed by atoms with Gasteiger partial charge in [0.2, 0.25) is 0 Å². The minimum atomic E-state index is 0.568. The summed E-state index contributed by atoms with van der Waals surface area (Å²) in [6.45, 7) is 13.5. The van der Waals surface area contributed by atoms with Gasteiger partial charge in [0.25, 0.3) is 0 Å². The molecular formula is C46H94O7. The summed E-state index contributed by atoms with van der Waals surface area (Å²) >= 11 is 0. The molecule has 0 aromatic carbocycles. The summed E-state index contributed by atoms with van der Waals surface area (Å²) in [5.74, 6) is 0. The Morgan fingerprint density at radius 3 is 0.453 bits per heavy atom. The Balaban J connectivity index is 3.05. The first-order valence-corrected chi connectivity index (χ1v) is 23.5. The highest BCUT2D eigenvalue weighted by molar-refractivity contribution is 4.51. The van der Waals surface area contributed by atoms with Crippen molar-refractivity contribution >= 4 is 0 Å². The molecule has 7 heteroatoms. The third-order valence-electron chi connectivity index (χ3n) is 10.0. The highest BCUT2D eigenvalue weighted by atomic mass is 16.6. The molecule has 0 fully saturated rings. The van der Waals surface area contributed by atoms with Crippen LogP contribution in [0.3, 0.4) is 0 Å². The zero-order valence-corrected chi connectivity index (χ0v) is 36.0. The van der Waals surface area contributed by atoms with Gasteiger partial charge in [-0.1, -0.05) is 194 Å². The fraction of sp³-hybridized carbons (Fsp3) is 1.00. The van der Waals surface area contributed by atoms with Gasteiger partial charge in [-0.2, -0.15) is 0 Å². The van der Waals surface area contributed by atoms with E-state index < -0.39 is 0 Å². The zero-order valence-electron chi connectivity index (χ0n) is 36.0. The van der Waals surface area contributed by atoms with Crippen molar-refractivity contribution in [1.29, 1.82) is 0 Å². The van der Waals surface area contributed by atoms with E-state index in [1.165, 1.54) is 180 Å². The van der Waals surface area contributed by atoms with E-state index >= 15 is 0 Å². The number of hydrogen-bond acceptors (Lipinski definition) is 7. The van der Waals surface area contributed by atoms with Crippen molar-refractivity contribution in [2.24, 2.45) is 0 Å². The van der Waals surface area contributed by atoms with Gasteiger partial charge in [-0.3, -0.25) is 0 Å². The van der Waals surface area contributed by atoms with E-state index in [2.05, 4.69) is 13.8 Å². The Labute approximate surface area is 331 Å². The van der Waals surface area contributed by atoms with Crippen LogP contribution >= 0.6 is 0 Å². The maximum absolute atomic E-state index is 5.71. The Bertz CT molecular complexity index is 558. The quantitative estimate of drug-likeness (QED) is 0.0572. The molecule has 0 aromatic heterocycles. The summed E-state index contributed by atoms with van der Waals surface area (Å²) in [5, 5.41) is 0. The molecule has 0 bridgehead atoms. The van der Waals surface area contributed by atoms with E-state index in [-0.39, 0.29) is 0 Å². The molecule has 0 aliphatic rings. The van der Waals surface area contributed by atoms with E-state index in [0.717, 1.165) is 26.1 Å². The molecule has 0 aromatic rings. The summed E-state index contributed by atoms with van der Waals surface area (Å²) in [4.78, 5) is 0. The maximum Gasteiger partial charge on any atom is 0.0701 e. The Kier molecular flexibility index (Phi) is 51.4. The summed E-state index contributed by atoms with van der Waals surface area (Å²) in [5.41, 5.74) is 0. The van der Waals surface area contributed by atoms with Crippen molar-refractivity contribution < 1.29 is 33.2 Å². The van der Waals surface area contributed by atoms with Gasteiger partial charge < -0.3 is 33.2 Å². The number of ether oxygens (including phenoxy) is 7. The minimum absolute atomic E-state index is 0.568. The van der Waals surface area contributed by atoms with Crippen LogP contribution in [0.15, 0.2) is 0 Å². The van der Waals surface area contributed by atoms with E-state index in [9.17, 15) is 0 Å². The lowest BCUT2D eigenvalue weighted by atomic mass is 10.0. The van der Waals surface area contributed by atoms with Crippen molar-refractivity contribution in [3.63, 3.8) is 0 Å². The van der Waals surface area contributed by atoms with Gasteiger partial charge in [0.15, 0.2) is 0 Å². The van der Waals surface area contributed by atoms with Gasteiger partial charge in [-0.05, 0) is 12.8 Å². The average molecular weight is 759 g/mol. The number of rotatable bonds is 50. The Hall–Kier alpha value is -0.280. The van der Waals surface area contributed by atoms with Gasteiger partial charge in [0.1, 0.15) is 0 Å². The second-order valence-electron chi connectivity index (χ2n) is 15.2. The van der Waals surface area contributed by atoms with Gasteiger partial charge >= 0.3 is 0 Å². The van der Waals surface area contributed by atoms with Gasteiger partial charge in [-0.15, -0.1) is 0 Å². The molecule has 0 amide bonds. The molecule has 0 rings (SSSR count). The van der Waals surface area contributed by atoms with Crippen LogP contribution in [0.4, 0.5) is 0 Å². The largest absolute Gasteiger partial charge is 0.379 e. The van der Waals surface area contributed by atoms with Crippen molar-refractivity contribution in [2.45, 2.75) is 206 Å². The molecule has 0 N–H and O–H groups in total. The predicted molar refractivity (Wildman–Crippen MR) is 226 cm³/mol. The molecule has 0 aliphatic carbocycles. The fourth-order valence-corrected chi connectivity index (χ4v) is 6.57. The zero-order chi connectivity index (χ0) is 38.1. The molecule has 7 nitrogen and oxygen atoms in total. The molecular weight excluding hydrogens is 664 g/mol. The van der Waals surface area contributed by atoms with Crippen molar-refractivity contribution in [3.8, 4) is 0 Å². The van der Waals surface area contributed by atoms with Crippen LogP contribution in [0.2, 0.25) is 0 Å². The second-order valence-corrected chi connectivity index (χ2v) is 15.2. The molecule has 0 saturated heterocycles. The van der Waals surface area contributed by atoms with Crippen LogP contribution in [0.25, 0.3) is 0 Å². The summed E-state index contributed by atoms with van der Waals surface area (Å²) in [7, 11) is 0. The van der Waals surface area contributed by atoms with Crippen LogP contribution in [-0.4, -0.2) is 92.5 Å². The highest BCUT2D eigenvalue weighted by Gasteiger charge is 1.98.